The number of nitrogens with one attached hydrogen (secondary N) is 1. The van der Waals surface area contributed by atoms with E-state index in [9.17, 15) is 4.79 Å². The monoisotopic (exact) mass is 441 g/mol. The highest BCUT2D eigenvalue weighted by atomic mass is 16.5. The minimum absolute atomic E-state index is 0.280. The molecule has 0 atom stereocenters. The zero-order valence-corrected chi connectivity index (χ0v) is 18.8. The Morgan fingerprint density at radius 3 is 2.31 bits per heavy atom. The number of ether oxygens (including phenoxy) is 3. The Bertz CT molecular complexity index is 906. The van der Waals surface area contributed by atoms with Gasteiger partial charge in [0, 0.05) is 44.5 Å². The number of hydrogen-bond acceptors (Lipinski definition) is 8. The first-order chi connectivity index (χ1) is 15.6. The number of rotatable bonds is 7. The minimum Gasteiger partial charge on any atom is -0.476 e. The molecule has 3 heterocycles. The summed E-state index contributed by atoms with van der Waals surface area (Å²) < 4.78 is 16.8. The first-order valence-electron chi connectivity index (χ1n) is 11.1. The van der Waals surface area contributed by atoms with Crippen LogP contribution in [-0.4, -0.2) is 86.5 Å². The van der Waals surface area contributed by atoms with Gasteiger partial charge in [-0.15, -0.1) is 0 Å². The van der Waals surface area contributed by atoms with E-state index >= 15 is 0 Å². The zero-order valence-electron chi connectivity index (χ0n) is 18.8. The van der Waals surface area contributed by atoms with Crippen LogP contribution in [-0.2, 0) is 9.47 Å². The molecule has 0 spiro atoms. The molecule has 0 aliphatic carbocycles. The molecule has 4 rings (SSSR count). The molecule has 172 valence electrons. The maximum absolute atomic E-state index is 13.0. The second-order valence-corrected chi connectivity index (χ2v) is 8.12. The zero-order chi connectivity index (χ0) is 22.3. The standard InChI is InChI=1S/C23H31N5O4/c1-17-13-18(2)15-19(14-17)24-22(29)20-16-21(32-12-5-27-3-8-30-9-4-27)26-23(25-20)28-6-10-31-11-7-28/h13-16H,3-12H2,1-2H3,(H,24,29). The molecule has 0 radical (unpaired) electrons. The third-order valence-corrected chi connectivity index (χ3v) is 5.46. The van der Waals surface area contributed by atoms with E-state index in [1.165, 1.54) is 0 Å². The molecule has 1 N–H and O–H groups in total. The van der Waals surface area contributed by atoms with Gasteiger partial charge in [0.25, 0.3) is 5.91 Å². The fourth-order valence-corrected chi connectivity index (χ4v) is 3.85. The van der Waals surface area contributed by atoms with E-state index < -0.39 is 0 Å². The topological polar surface area (TPSA) is 89.0 Å². The molecule has 1 aromatic carbocycles. The van der Waals surface area contributed by atoms with Crippen LogP contribution in [0.4, 0.5) is 11.6 Å². The third-order valence-electron chi connectivity index (χ3n) is 5.46. The van der Waals surface area contributed by atoms with Gasteiger partial charge in [0.15, 0.2) is 0 Å². The van der Waals surface area contributed by atoms with Crippen molar-refractivity contribution >= 4 is 17.5 Å². The molecular weight excluding hydrogens is 410 g/mol. The van der Waals surface area contributed by atoms with Gasteiger partial charge in [0.1, 0.15) is 12.3 Å². The van der Waals surface area contributed by atoms with Gasteiger partial charge in [-0.05, 0) is 37.1 Å². The molecule has 2 fully saturated rings. The summed E-state index contributed by atoms with van der Waals surface area (Å²) in [6.45, 7) is 11.1. The smallest absolute Gasteiger partial charge is 0.274 e. The fraction of sp³-hybridized carbons (Fsp3) is 0.522. The van der Waals surface area contributed by atoms with Crippen molar-refractivity contribution in [3.63, 3.8) is 0 Å². The Labute approximate surface area is 188 Å². The van der Waals surface area contributed by atoms with Crippen LogP contribution in [0.3, 0.4) is 0 Å². The van der Waals surface area contributed by atoms with Gasteiger partial charge in [-0.1, -0.05) is 6.07 Å². The van der Waals surface area contributed by atoms with Crippen molar-refractivity contribution in [3.05, 3.63) is 41.1 Å². The van der Waals surface area contributed by atoms with Gasteiger partial charge >= 0.3 is 0 Å². The van der Waals surface area contributed by atoms with E-state index in [0.717, 1.165) is 49.7 Å². The van der Waals surface area contributed by atoms with Gasteiger partial charge < -0.3 is 24.4 Å². The number of nitrogens with zero attached hydrogens (tertiary/aromatic N) is 4. The lowest BCUT2D eigenvalue weighted by molar-refractivity contribution is 0.0320. The van der Waals surface area contributed by atoms with Crippen molar-refractivity contribution in [3.8, 4) is 5.88 Å². The molecule has 2 saturated heterocycles. The number of carbonyl (C=O) groups is 1. The Balaban J connectivity index is 1.50. The molecule has 0 bridgehead atoms. The van der Waals surface area contributed by atoms with Crippen molar-refractivity contribution < 1.29 is 19.0 Å². The molecule has 0 unspecified atom stereocenters. The maximum atomic E-state index is 13.0. The molecule has 2 aliphatic heterocycles. The van der Waals surface area contributed by atoms with Crippen molar-refractivity contribution in [1.29, 1.82) is 0 Å². The van der Waals surface area contributed by atoms with Crippen LogP contribution in [0.5, 0.6) is 5.88 Å². The molecule has 1 aromatic heterocycles. The summed E-state index contributed by atoms with van der Waals surface area (Å²) >= 11 is 0. The van der Waals surface area contributed by atoms with Crippen LogP contribution in [0.1, 0.15) is 21.6 Å². The predicted octanol–water partition coefficient (Wildman–Crippen LogP) is 1.89. The first-order valence-corrected chi connectivity index (χ1v) is 11.1. The molecule has 0 saturated carbocycles. The SMILES string of the molecule is Cc1cc(C)cc(NC(=O)c2cc(OCCN3CCOCC3)nc(N3CCOCC3)n2)c1. The Morgan fingerprint density at radius 2 is 1.62 bits per heavy atom. The van der Waals surface area contributed by atoms with Crippen LogP contribution in [0.25, 0.3) is 0 Å². The van der Waals surface area contributed by atoms with Gasteiger partial charge in [0.2, 0.25) is 11.8 Å². The van der Waals surface area contributed by atoms with Gasteiger partial charge in [-0.2, -0.15) is 4.98 Å². The normalized spacial score (nSPS) is 17.2. The Kier molecular flexibility index (Phi) is 7.51. The average Bonchev–Trinajstić information content (AvgIpc) is 2.79. The van der Waals surface area contributed by atoms with Crippen LogP contribution in [0, 0.1) is 13.8 Å². The number of aromatic nitrogens is 2. The highest BCUT2D eigenvalue weighted by molar-refractivity contribution is 6.03. The second kappa shape index (κ2) is 10.7. The van der Waals surface area contributed by atoms with E-state index in [0.29, 0.717) is 44.7 Å². The lowest BCUT2D eigenvalue weighted by atomic mass is 10.1. The molecular formula is C23H31N5O4. The van der Waals surface area contributed by atoms with Crippen molar-refractivity contribution in [2.24, 2.45) is 0 Å². The third kappa shape index (κ3) is 6.15. The first kappa shape index (κ1) is 22.4. The molecule has 2 aliphatic rings. The summed E-state index contributed by atoms with van der Waals surface area (Å²) in [5.41, 5.74) is 3.20. The summed E-state index contributed by atoms with van der Waals surface area (Å²) in [5.74, 6) is 0.605. The lowest BCUT2D eigenvalue weighted by Gasteiger charge is -2.27. The summed E-state index contributed by atoms with van der Waals surface area (Å²) in [6.07, 6.45) is 0. The summed E-state index contributed by atoms with van der Waals surface area (Å²) in [7, 11) is 0. The summed E-state index contributed by atoms with van der Waals surface area (Å²) in [6, 6.07) is 7.56. The van der Waals surface area contributed by atoms with Gasteiger partial charge in [-0.25, -0.2) is 4.98 Å². The van der Waals surface area contributed by atoms with Crippen LogP contribution >= 0.6 is 0 Å². The molecule has 9 heteroatoms. The highest BCUT2D eigenvalue weighted by Crippen LogP contribution is 2.20. The molecule has 32 heavy (non-hydrogen) atoms. The number of aryl methyl sites for hydroxylation is 2. The summed E-state index contributed by atoms with van der Waals surface area (Å²) in [5, 5.41) is 2.95. The quantitative estimate of drug-likeness (QED) is 0.697. The van der Waals surface area contributed by atoms with E-state index in [-0.39, 0.29) is 11.6 Å². The van der Waals surface area contributed by atoms with E-state index in [2.05, 4.69) is 26.3 Å². The average molecular weight is 442 g/mol. The van der Waals surface area contributed by atoms with Crippen LogP contribution in [0.15, 0.2) is 24.3 Å². The number of hydrogen-bond donors (Lipinski definition) is 1. The molecule has 9 nitrogen and oxygen atoms in total. The van der Waals surface area contributed by atoms with E-state index in [4.69, 9.17) is 14.2 Å². The minimum atomic E-state index is -0.287. The number of amides is 1. The number of carbonyl (C=O) groups excluding carboxylic acids is 1. The van der Waals surface area contributed by atoms with Crippen LogP contribution in [0.2, 0.25) is 0 Å². The van der Waals surface area contributed by atoms with Crippen molar-refractivity contribution in [1.82, 2.24) is 14.9 Å². The van der Waals surface area contributed by atoms with E-state index in [1.807, 2.05) is 30.9 Å². The second-order valence-electron chi connectivity index (χ2n) is 8.12. The van der Waals surface area contributed by atoms with E-state index in [1.54, 1.807) is 6.07 Å². The number of morpholine rings is 2. The van der Waals surface area contributed by atoms with Crippen LogP contribution < -0.4 is 15.0 Å². The molecule has 2 aromatic rings. The lowest BCUT2D eigenvalue weighted by Crippen LogP contribution is -2.39. The van der Waals surface area contributed by atoms with Gasteiger partial charge in [0.05, 0.1) is 26.4 Å². The largest absolute Gasteiger partial charge is 0.476 e. The van der Waals surface area contributed by atoms with Crippen molar-refractivity contribution in [2.45, 2.75) is 13.8 Å². The van der Waals surface area contributed by atoms with Gasteiger partial charge in [-0.3, -0.25) is 9.69 Å². The Morgan fingerprint density at radius 1 is 0.969 bits per heavy atom. The number of anilines is 2. The van der Waals surface area contributed by atoms with Crippen molar-refractivity contribution in [2.75, 3.05) is 76.0 Å². The Hall–Kier alpha value is -2.75. The number of benzene rings is 1. The highest BCUT2D eigenvalue weighted by Gasteiger charge is 2.19. The molecule has 1 amide bonds. The summed E-state index contributed by atoms with van der Waals surface area (Å²) in [4.78, 5) is 26.4. The predicted molar refractivity (Wildman–Crippen MR) is 122 cm³/mol. The maximum Gasteiger partial charge on any atom is 0.274 e. The fourth-order valence-electron chi connectivity index (χ4n) is 3.85.